The number of hydrogen-bond donors (Lipinski definition) is 1. The lowest BCUT2D eigenvalue weighted by molar-refractivity contribution is -0.200. The lowest BCUT2D eigenvalue weighted by Gasteiger charge is -2.06. The molecule has 0 bridgehead atoms. The smallest absolute Gasteiger partial charge is 0.383 e. The molecule has 114 valence electrons. The molecule has 0 amide bonds. The number of hydrogen-bond acceptors (Lipinski definition) is 4. The van der Waals surface area contributed by atoms with Crippen LogP contribution in [0.3, 0.4) is 0 Å². The standard InChI is InChI=1S/C14H14F3NO3/c15-14(16,17)13(20)21-12(19)9-8-11(18)7-6-10-4-2-1-3-5-10/h1-5,8-9,11H,6-7,18H2/b9-8+/t11-/m0/s1. The first-order valence-corrected chi connectivity index (χ1v) is 6.09. The Kier molecular flexibility index (Phi) is 6.10. The zero-order valence-corrected chi connectivity index (χ0v) is 11.0. The van der Waals surface area contributed by atoms with E-state index in [1.165, 1.54) is 6.08 Å². The van der Waals surface area contributed by atoms with E-state index >= 15 is 0 Å². The molecule has 0 unspecified atom stereocenters. The highest BCUT2D eigenvalue weighted by molar-refractivity contribution is 5.93. The fraction of sp³-hybridized carbons (Fsp3) is 0.286. The number of ether oxygens (including phenoxy) is 1. The van der Waals surface area contributed by atoms with Crippen LogP contribution in [0.25, 0.3) is 0 Å². The average Bonchev–Trinajstić information content (AvgIpc) is 2.43. The predicted octanol–water partition coefficient (Wildman–Crippen LogP) is 2.13. The van der Waals surface area contributed by atoms with E-state index in [0.717, 1.165) is 11.6 Å². The largest absolute Gasteiger partial charge is 0.491 e. The molecule has 1 atom stereocenters. The Morgan fingerprint density at radius 3 is 2.43 bits per heavy atom. The molecular weight excluding hydrogens is 287 g/mol. The van der Waals surface area contributed by atoms with Gasteiger partial charge in [-0.1, -0.05) is 36.4 Å². The molecule has 0 spiro atoms. The van der Waals surface area contributed by atoms with Gasteiger partial charge in [-0.3, -0.25) is 0 Å². The highest BCUT2D eigenvalue weighted by Crippen LogP contribution is 2.16. The molecule has 0 fully saturated rings. The van der Waals surface area contributed by atoms with Crippen molar-refractivity contribution in [2.75, 3.05) is 0 Å². The quantitative estimate of drug-likeness (QED) is 0.514. The van der Waals surface area contributed by atoms with Gasteiger partial charge in [-0.2, -0.15) is 13.2 Å². The summed E-state index contributed by atoms with van der Waals surface area (Å²) >= 11 is 0. The number of rotatable bonds is 5. The molecule has 0 radical (unpaired) electrons. The van der Waals surface area contributed by atoms with Crippen LogP contribution in [0.2, 0.25) is 0 Å². The van der Waals surface area contributed by atoms with E-state index in [9.17, 15) is 22.8 Å². The van der Waals surface area contributed by atoms with E-state index in [1.807, 2.05) is 30.3 Å². The predicted molar refractivity (Wildman–Crippen MR) is 69.0 cm³/mol. The summed E-state index contributed by atoms with van der Waals surface area (Å²) in [6.45, 7) is 0. The summed E-state index contributed by atoms with van der Waals surface area (Å²) in [5.74, 6) is -3.94. The van der Waals surface area contributed by atoms with Gasteiger partial charge in [0, 0.05) is 12.1 Å². The van der Waals surface area contributed by atoms with Crippen LogP contribution in [0, 0.1) is 0 Å². The Labute approximate surface area is 119 Å². The molecule has 1 aromatic carbocycles. The third-order valence-electron chi connectivity index (χ3n) is 2.51. The SMILES string of the molecule is N[C@H](/C=C/C(=O)OC(=O)C(F)(F)F)CCc1ccccc1. The summed E-state index contributed by atoms with van der Waals surface area (Å²) in [6, 6.07) is 8.91. The highest BCUT2D eigenvalue weighted by Gasteiger charge is 2.42. The third-order valence-corrected chi connectivity index (χ3v) is 2.51. The molecule has 0 saturated carbocycles. The molecule has 0 aromatic heterocycles. The number of aryl methyl sites for hydroxylation is 1. The van der Waals surface area contributed by atoms with Gasteiger partial charge in [0.15, 0.2) is 0 Å². The minimum atomic E-state index is -5.20. The number of esters is 2. The second-order valence-electron chi connectivity index (χ2n) is 4.25. The van der Waals surface area contributed by atoms with E-state index in [1.54, 1.807) is 0 Å². The Hall–Kier alpha value is -2.15. The number of carbonyl (C=O) groups excluding carboxylic acids is 2. The summed E-state index contributed by atoms with van der Waals surface area (Å²) < 4.78 is 39.1. The van der Waals surface area contributed by atoms with Crippen LogP contribution < -0.4 is 5.73 Å². The van der Waals surface area contributed by atoms with Crippen molar-refractivity contribution >= 4 is 11.9 Å². The minimum absolute atomic E-state index is 0.501. The maximum atomic E-state index is 11.8. The fourth-order valence-corrected chi connectivity index (χ4v) is 1.46. The molecule has 0 aliphatic heterocycles. The van der Waals surface area contributed by atoms with Gasteiger partial charge in [0.25, 0.3) is 0 Å². The molecular formula is C14H14F3NO3. The molecule has 7 heteroatoms. The molecule has 1 rings (SSSR count). The van der Waals surface area contributed by atoms with Crippen LogP contribution in [0.5, 0.6) is 0 Å². The number of halogens is 3. The van der Waals surface area contributed by atoms with Gasteiger partial charge >= 0.3 is 18.1 Å². The molecule has 2 N–H and O–H groups in total. The molecule has 0 saturated heterocycles. The number of carbonyl (C=O) groups is 2. The Balaban J connectivity index is 2.38. The first kappa shape index (κ1) is 16.9. The van der Waals surface area contributed by atoms with Crippen LogP contribution in [0.1, 0.15) is 12.0 Å². The normalized spacial score (nSPS) is 13.1. The Morgan fingerprint density at radius 2 is 1.86 bits per heavy atom. The van der Waals surface area contributed by atoms with E-state index in [0.29, 0.717) is 12.8 Å². The van der Waals surface area contributed by atoms with Crippen LogP contribution >= 0.6 is 0 Å². The lowest BCUT2D eigenvalue weighted by Crippen LogP contribution is -2.27. The van der Waals surface area contributed by atoms with Crippen LogP contribution in [-0.4, -0.2) is 24.2 Å². The van der Waals surface area contributed by atoms with E-state index in [4.69, 9.17) is 5.73 Å². The van der Waals surface area contributed by atoms with Crippen molar-refractivity contribution in [2.24, 2.45) is 5.73 Å². The van der Waals surface area contributed by atoms with Crippen molar-refractivity contribution in [1.82, 2.24) is 0 Å². The van der Waals surface area contributed by atoms with Gasteiger partial charge < -0.3 is 10.5 Å². The van der Waals surface area contributed by atoms with Gasteiger partial charge in [-0.15, -0.1) is 0 Å². The monoisotopic (exact) mass is 301 g/mol. The van der Waals surface area contributed by atoms with Gasteiger partial charge in [-0.25, -0.2) is 9.59 Å². The second kappa shape index (κ2) is 7.58. The summed E-state index contributed by atoms with van der Waals surface area (Å²) in [4.78, 5) is 21.4. The van der Waals surface area contributed by atoms with Crippen molar-refractivity contribution in [3.05, 3.63) is 48.0 Å². The van der Waals surface area contributed by atoms with Crippen molar-refractivity contribution in [1.29, 1.82) is 0 Å². The lowest BCUT2D eigenvalue weighted by atomic mass is 10.1. The molecule has 0 heterocycles. The Bertz CT molecular complexity index is 512. The van der Waals surface area contributed by atoms with E-state index in [-0.39, 0.29) is 0 Å². The Morgan fingerprint density at radius 1 is 1.24 bits per heavy atom. The summed E-state index contributed by atoms with van der Waals surface area (Å²) in [5.41, 5.74) is 6.74. The first-order valence-electron chi connectivity index (χ1n) is 6.09. The summed E-state index contributed by atoms with van der Waals surface area (Å²) in [7, 11) is 0. The van der Waals surface area contributed by atoms with Crippen molar-refractivity contribution in [2.45, 2.75) is 25.1 Å². The summed E-state index contributed by atoms with van der Waals surface area (Å²) in [6.07, 6.45) is -2.11. The summed E-state index contributed by atoms with van der Waals surface area (Å²) in [5, 5.41) is 0. The topological polar surface area (TPSA) is 69.4 Å². The van der Waals surface area contributed by atoms with Gasteiger partial charge in [0.1, 0.15) is 0 Å². The molecule has 0 aliphatic rings. The zero-order valence-electron chi connectivity index (χ0n) is 11.0. The maximum Gasteiger partial charge on any atom is 0.491 e. The van der Waals surface area contributed by atoms with Crippen molar-refractivity contribution < 1.29 is 27.5 Å². The number of nitrogens with two attached hydrogens (primary N) is 1. The molecule has 1 aromatic rings. The highest BCUT2D eigenvalue weighted by atomic mass is 19.4. The molecule has 0 aliphatic carbocycles. The van der Waals surface area contributed by atoms with Crippen LogP contribution in [0.4, 0.5) is 13.2 Å². The number of benzene rings is 1. The third kappa shape index (κ3) is 6.71. The number of alkyl halides is 3. The first-order chi connectivity index (χ1) is 9.79. The van der Waals surface area contributed by atoms with Crippen molar-refractivity contribution in [3.63, 3.8) is 0 Å². The maximum absolute atomic E-state index is 11.8. The molecule has 21 heavy (non-hydrogen) atoms. The molecule has 4 nitrogen and oxygen atoms in total. The van der Waals surface area contributed by atoms with Crippen molar-refractivity contribution in [3.8, 4) is 0 Å². The average molecular weight is 301 g/mol. The van der Waals surface area contributed by atoms with Crippen LogP contribution in [-0.2, 0) is 20.7 Å². The van der Waals surface area contributed by atoms with E-state index < -0.39 is 24.2 Å². The van der Waals surface area contributed by atoms with Gasteiger partial charge in [0.2, 0.25) is 0 Å². The van der Waals surface area contributed by atoms with Gasteiger partial charge in [-0.05, 0) is 18.4 Å². The zero-order chi connectivity index (χ0) is 15.9. The van der Waals surface area contributed by atoms with Crippen LogP contribution in [0.15, 0.2) is 42.5 Å². The van der Waals surface area contributed by atoms with E-state index in [2.05, 4.69) is 4.74 Å². The minimum Gasteiger partial charge on any atom is -0.383 e. The van der Waals surface area contributed by atoms with Gasteiger partial charge in [0.05, 0.1) is 0 Å². The fourth-order valence-electron chi connectivity index (χ4n) is 1.46. The second-order valence-corrected chi connectivity index (χ2v) is 4.25.